The lowest BCUT2D eigenvalue weighted by Gasteiger charge is -1.94. The van der Waals surface area contributed by atoms with Gasteiger partial charge in [0, 0.05) is 0 Å². The molecule has 0 saturated heterocycles. The minimum absolute atomic E-state index is 0.162. The van der Waals surface area contributed by atoms with Crippen molar-refractivity contribution in [2.45, 2.75) is 19.2 Å². The van der Waals surface area contributed by atoms with E-state index in [0.29, 0.717) is 5.71 Å². The predicted molar refractivity (Wildman–Crippen MR) is 30.2 cm³/mol. The van der Waals surface area contributed by atoms with E-state index >= 15 is 0 Å². The second-order valence-corrected chi connectivity index (χ2v) is 2.01. The second kappa shape index (κ2) is 2.86. The van der Waals surface area contributed by atoms with Gasteiger partial charge in [-0.05, 0) is 13.8 Å². The first-order valence-electron chi connectivity index (χ1n) is 2.01. The number of nitrogens with zero attached hydrogens (tertiary/aromatic N) is 1. The van der Waals surface area contributed by atoms with E-state index in [1.165, 1.54) is 0 Å². The standard InChI is InChI=1S/C4H8ClNO/c1-3(5)4(2)6-7/h3,7H,1-2H3. The highest BCUT2D eigenvalue weighted by atomic mass is 35.5. The number of halogens is 1. The van der Waals surface area contributed by atoms with Gasteiger partial charge in [-0.3, -0.25) is 0 Å². The fourth-order valence-electron chi connectivity index (χ4n) is 0.0796. The van der Waals surface area contributed by atoms with Crippen molar-refractivity contribution in [1.29, 1.82) is 0 Å². The SMILES string of the molecule is CC(=NO)C(C)Cl. The molecule has 7 heavy (non-hydrogen) atoms. The van der Waals surface area contributed by atoms with Crippen LogP contribution in [0.15, 0.2) is 5.16 Å². The van der Waals surface area contributed by atoms with E-state index in [2.05, 4.69) is 5.16 Å². The molecular weight excluding hydrogens is 114 g/mol. The Morgan fingerprint density at radius 2 is 2.29 bits per heavy atom. The van der Waals surface area contributed by atoms with Crippen LogP contribution in [0.1, 0.15) is 13.8 Å². The lowest BCUT2D eigenvalue weighted by molar-refractivity contribution is 0.317. The fraction of sp³-hybridized carbons (Fsp3) is 0.750. The van der Waals surface area contributed by atoms with Crippen LogP contribution in [-0.2, 0) is 0 Å². The van der Waals surface area contributed by atoms with Gasteiger partial charge in [-0.15, -0.1) is 11.6 Å². The summed E-state index contributed by atoms with van der Waals surface area (Å²) in [4.78, 5) is 0. The topological polar surface area (TPSA) is 32.6 Å². The zero-order chi connectivity index (χ0) is 5.86. The van der Waals surface area contributed by atoms with E-state index in [1.807, 2.05) is 0 Å². The van der Waals surface area contributed by atoms with E-state index in [9.17, 15) is 0 Å². The molecule has 0 aromatic heterocycles. The Morgan fingerprint density at radius 1 is 1.86 bits per heavy atom. The molecule has 0 amide bonds. The summed E-state index contributed by atoms with van der Waals surface area (Å²) < 4.78 is 0. The first-order valence-corrected chi connectivity index (χ1v) is 2.44. The van der Waals surface area contributed by atoms with Crippen LogP contribution in [-0.4, -0.2) is 16.3 Å². The van der Waals surface area contributed by atoms with Crippen molar-refractivity contribution in [3.05, 3.63) is 0 Å². The van der Waals surface area contributed by atoms with Gasteiger partial charge in [-0.25, -0.2) is 0 Å². The third-order valence-corrected chi connectivity index (χ3v) is 1.05. The van der Waals surface area contributed by atoms with Gasteiger partial charge in [0.15, 0.2) is 0 Å². The molecule has 0 aliphatic heterocycles. The molecule has 0 heterocycles. The van der Waals surface area contributed by atoms with Crippen molar-refractivity contribution in [3.63, 3.8) is 0 Å². The van der Waals surface area contributed by atoms with Crippen LogP contribution in [0.2, 0.25) is 0 Å². The molecule has 0 spiro atoms. The largest absolute Gasteiger partial charge is 0.411 e. The van der Waals surface area contributed by atoms with Gasteiger partial charge in [-0.2, -0.15) is 0 Å². The predicted octanol–water partition coefficient (Wildman–Crippen LogP) is 1.46. The molecule has 3 heteroatoms. The molecule has 1 atom stereocenters. The van der Waals surface area contributed by atoms with Crippen LogP contribution in [0.3, 0.4) is 0 Å². The molecule has 0 radical (unpaired) electrons. The number of hydrogen-bond donors (Lipinski definition) is 1. The van der Waals surface area contributed by atoms with Crippen molar-refractivity contribution in [3.8, 4) is 0 Å². The lowest BCUT2D eigenvalue weighted by atomic mass is 10.3. The Morgan fingerprint density at radius 3 is 2.29 bits per heavy atom. The van der Waals surface area contributed by atoms with Crippen LogP contribution < -0.4 is 0 Å². The molecule has 0 fully saturated rings. The van der Waals surface area contributed by atoms with Crippen molar-refractivity contribution in [2.75, 3.05) is 0 Å². The van der Waals surface area contributed by atoms with Gasteiger partial charge in [0.05, 0.1) is 11.1 Å². The Kier molecular flexibility index (Phi) is 2.76. The highest BCUT2D eigenvalue weighted by molar-refractivity contribution is 6.31. The Balaban J connectivity index is 3.56. The first kappa shape index (κ1) is 6.76. The zero-order valence-electron chi connectivity index (χ0n) is 4.35. The summed E-state index contributed by atoms with van der Waals surface area (Å²) in [6.07, 6.45) is 0. The molecule has 0 saturated carbocycles. The number of hydrogen-bond acceptors (Lipinski definition) is 2. The lowest BCUT2D eigenvalue weighted by Crippen LogP contribution is -2.03. The minimum Gasteiger partial charge on any atom is -0.411 e. The van der Waals surface area contributed by atoms with Gasteiger partial charge in [0.1, 0.15) is 0 Å². The molecule has 1 N–H and O–H groups in total. The molecular formula is C4H8ClNO. The van der Waals surface area contributed by atoms with Gasteiger partial charge in [-0.1, -0.05) is 5.16 Å². The Bertz CT molecular complexity index is 79.8. The van der Waals surface area contributed by atoms with Crippen molar-refractivity contribution in [2.24, 2.45) is 5.16 Å². The fourth-order valence-corrected chi connectivity index (χ4v) is 0.123. The summed E-state index contributed by atoms with van der Waals surface area (Å²) in [7, 11) is 0. The van der Waals surface area contributed by atoms with Gasteiger partial charge in [0.25, 0.3) is 0 Å². The maximum Gasteiger partial charge on any atom is 0.0720 e. The van der Waals surface area contributed by atoms with Crippen LogP contribution in [0.5, 0.6) is 0 Å². The second-order valence-electron chi connectivity index (χ2n) is 1.36. The van der Waals surface area contributed by atoms with E-state index in [4.69, 9.17) is 16.8 Å². The monoisotopic (exact) mass is 121 g/mol. The van der Waals surface area contributed by atoms with Gasteiger partial charge in [0.2, 0.25) is 0 Å². The molecule has 2 nitrogen and oxygen atoms in total. The molecule has 42 valence electrons. The normalized spacial score (nSPS) is 16.7. The number of oxime groups is 1. The third kappa shape index (κ3) is 2.45. The molecule has 0 aliphatic carbocycles. The maximum atomic E-state index is 8.01. The summed E-state index contributed by atoms with van der Waals surface area (Å²) >= 11 is 5.44. The van der Waals surface area contributed by atoms with Crippen molar-refractivity contribution in [1.82, 2.24) is 0 Å². The molecule has 0 rings (SSSR count). The summed E-state index contributed by atoms with van der Waals surface area (Å²) in [6, 6.07) is 0. The van der Waals surface area contributed by atoms with Crippen LogP contribution in [0.25, 0.3) is 0 Å². The van der Waals surface area contributed by atoms with Crippen molar-refractivity contribution >= 4 is 17.3 Å². The summed E-state index contributed by atoms with van der Waals surface area (Å²) in [5.41, 5.74) is 0.543. The van der Waals surface area contributed by atoms with E-state index in [-0.39, 0.29) is 5.38 Å². The maximum absolute atomic E-state index is 8.01. The molecule has 0 aliphatic rings. The van der Waals surface area contributed by atoms with Gasteiger partial charge >= 0.3 is 0 Å². The Hall–Kier alpha value is -0.240. The van der Waals surface area contributed by atoms with Crippen molar-refractivity contribution < 1.29 is 5.21 Å². The van der Waals surface area contributed by atoms with Gasteiger partial charge < -0.3 is 5.21 Å². The third-order valence-electron chi connectivity index (χ3n) is 0.733. The molecule has 0 bridgehead atoms. The van der Waals surface area contributed by atoms with E-state index in [1.54, 1.807) is 13.8 Å². The van der Waals surface area contributed by atoms with Crippen LogP contribution >= 0.6 is 11.6 Å². The average molecular weight is 122 g/mol. The van der Waals surface area contributed by atoms with E-state index in [0.717, 1.165) is 0 Å². The Labute approximate surface area is 47.8 Å². The molecule has 1 unspecified atom stereocenters. The molecule has 0 aromatic rings. The average Bonchev–Trinajstić information content (AvgIpc) is 1.65. The minimum atomic E-state index is -0.162. The highest BCUT2D eigenvalue weighted by Crippen LogP contribution is 1.94. The zero-order valence-corrected chi connectivity index (χ0v) is 5.11. The molecule has 0 aromatic carbocycles. The number of rotatable bonds is 1. The van der Waals surface area contributed by atoms with Crippen LogP contribution in [0, 0.1) is 0 Å². The quantitative estimate of drug-likeness (QED) is 0.242. The highest BCUT2D eigenvalue weighted by Gasteiger charge is 1.97. The van der Waals surface area contributed by atoms with E-state index < -0.39 is 0 Å². The first-order chi connectivity index (χ1) is 3.18. The number of alkyl halides is 1. The summed E-state index contributed by atoms with van der Waals surface area (Å²) in [5, 5.41) is 10.7. The summed E-state index contributed by atoms with van der Waals surface area (Å²) in [5.74, 6) is 0. The summed E-state index contributed by atoms with van der Waals surface area (Å²) in [6.45, 7) is 3.41. The van der Waals surface area contributed by atoms with Crippen LogP contribution in [0.4, 0.5) is 0 Å². The smallest absolute Gasteiger partial charge is 0.0720 e.